The number of carbonyl (C=O) groups excluding carboxylic acids is 1. The highest BCUT2D eigenvalue weighted by atomic mass is 31.2. The van der Waals surface area contributed by atoms with Crippen molar-refractivity contribution in [2.75, 3.05) is 6.61 Å². The fourth-order valence-corrected chi connectivity index (χ4v) is 3.32. The number of carbonyl (C=O) groups is 1. The van der Waals surface area contributed by atoms with Crippen molar-refractivity contribution in [1.29, 1.82) is 0 Å². The number of aliphatic hydroxyl groups is 1. The molecule has 0 aromatic carbocycles. The lowest BCUT2D eigenvalue weighted by molar-refractivity contribution is -0.298. The van der Waals surface area contributed by atoms with Crippen molar-refractivity contribution < 1.29 is 38.9 Å². The second-order valence-corrected chi connectivity index (χ2v) is 7.79. The molecule has 26 heavy (non-hydrogen) atoms. The smallest absolute Gasteiger partial charge is 0.393 e. The first-order valence-electron chi connectivity index (χ1n) is 9.53. The maximum Gasteiger partial charge on any atom is 0.470 e. The van der Waals surface area contributed by atoms with Crippen LogP contribution in [0.5, 0.6) is 0 Å². The number of ketones is 1. The molecule has 4 N–H and O–H groups in total. The molecule has 1 unspecified atom stereocenters. The van der Waals surface area contributed by atoms with Crippen molar-refractivity contribution in [1.82, 2.24) is 0 Å². The maximum atomic E-state index is 12.1. The van der Waals surface area contributed by atoms with Crippen molar-refractivity contribution >= 4 is 13.6 Å². The van der Waals surface area contributed by atoms with Gasteiger partial charge in [-0.25, -0.2) is 9.45 Å². The molecule has 0 aliphatic rings. The van der Waals surface area contributed by atoms with Gasteiger partial charge in [-0.05, 0) is 6.42 Å². The van der Waals surface area contributed by atoms with E-state index in [9.17, 15) is 9.36 Å². The molecule has 0 bridgehead atoms. The Kier molecular flexibility index (Phi) is 15.5. The molecule has 0 aromatic heterocycles. The van der Waals surface area contributed by atoms with E-state index in [1.54, 1.807) is 0 Å². The van der Waals surface area contributed by atoms with Gasteiger partial charge in [0.15, 0.2) is 11.9 Å². The minimum absolute atomic E-state index is 0.0432. The monoisotopic (exact) mass is 398 g/mol. The predicted molar refractivity (Wildman–Crippen MR) is 97.6 cm³/mol. The number of phosphoric ester groups is 1. The fraction of sp³-hybridized carbons (Fsp3) is 0.941. The van der Waals surface area contributed by atoms with E-state index in [1.165, 1.54) is 44.9 Å². The number of phosphoric acid groups is 1. The summed E-state index contributed by atoms with van der Waals surface area (Å²) in [7, 11) is -4.95. The Morgan fingerprint density at radius 3 is 1.77 bits per heavy atom. The molecule has 0 heterocycles. The molecule has 8 nitrogen and oxygen atoms in total. The quantitative estimate of drug-likeness (QED) is 0.119. The standard InChI is InChI=1S/C17H35O8P/c1-2-3-4-5-6-7-8-9-10-11-12-13-15(19)17(16(14-18)24-20)25-26(21,22)23/h16-18,20H,2-14H2,1H3,(H2,21,22,23)/t16-,17?/m0/s1. The van der Waals surface area contributed by atoms with E-state index in [4.69, 9.17) is 20.2 Å². The van der Waals surface area contributed by atoms with E-state index in [1.807, 2.05) is 0 Å². The molecule has 0 fully saturated rings. The summed E-state index contributed by atoms with van der Waals surface area (Å²) in [5.41, 5.74) is 0. The van der Waals surface area contributed by atoms with E-state index in [2.05, 4.69) is 16.3 Å². The highest BCUT2D eigenvalue weighted by molar-refractivity contribution is 7.46. The van der Waals surface area contributed by atoms with Crippen LogP contribution in [-0.2, 0) is 18.8 Å². The Morgan fingerprint density at radius 2 is 1.38 bits per heavy atom. The zero-order valence-corrected chi connectivity index (χ0v) is 16.6. The zero-order valence-electron chi connectivity index (χ0n) is 15.7. The lowest BCUT2D eigenvalue weighted by Gasteiger charge is -2.22. The molecule has 0 aliphatic heterocycles. The van der Waals surface area contributed by atoms with Crippen LogP contribution in [-0.4, -0.2) is 44.7 Å². The highest BCUT2D eigenvalue weighted by Crippen LogP contribution is 2.39. The maximum absolute atomic E-state index is 12.1. The Bertz CT molecular complexity index is 394. The fourth-order valence-electron chi connectivity index (χ4n) is 2.77. The first-order chi connectivity index (χ1) is 12.4. The molecule has 0 aliphatic carbocycles. The van der Waals surface area contributed by atoms with Gasteiger partial charge in [0.05, 0.1) is 6.61 Å². The van der Waals surface area contributed by atoms with Gasteiger partial charge in [-0.15, -0.1) is 0 Å². The van der Waals surface area contributed by atoms with E-state index >= 15 is 0 Å². The molecule has 0 rings (SSSR count). The SMILES string of the molecule is CCCCCCCCCCCCCC(=O)C(OP(=O)(O)O)[C@H](CO)OO. The third kappa shape index (κ3) is 13.8. The Labute approximate surface area is 156 Å². The second-order valence-electron chi connectivity index (χ2n) is 6.59. The number of rotatable bonds is 18. The van der Waals surface area contributed by atoms with Crippen LogP contribution in [0, 0.1) is 0 Å². The molecular formula is C17H35O8P. The number of hydrogen-bond acceptors (Lipinski definition) is 6. The summed E-state index contributed by atoms with van der Waals surface area (Å²) in [6.45, 7) is 1.40. The molecule has 156 valence electrons. The predicted octanol–water partition coefficient (Wildman–Crippen LogP) is 3.59. The van der Waals surface area contributed by atoms with Gasteiger partial charge in [0.2, 0.25) is 0 Å². The molecule has 0 spiro atoms. The van der Waals surface area contributed by atoms with Gasteiger partial charge >= 0.3 is 7.82 Å². The third-order valence-corrected chi connectivity index (χ3v) is 4.75. The minimum Gasteiger partial charge on any atom is -0.393 e. The summed E-state index contributed by atoms with van der Waals surface area (Å²) in [4.78, 5) is 33.7. The van der Waals surface area contributed by atoms with Crippen molar-refractivity contribution in [3.63, 3.8) is 0 Å². The summed E-state index contributed by atoms with van der Waals surface area (Å²) >= 11 is 0. The molecule has 0 aromatic rings. The van der Waals surface area contributed by atoms with Crippen LogP contribution in [0.15, 0.2) is 0 Å². The van der Waals surface area contributed by atoms with E-state index < -0.39 is 32.4 Å². The van der Waals surface area contributed by atoms with Gasteiger partial charge in [-0.1, -0.05) is 71.1 Å². The minimum atomic E-state index is -4.95. The largest absolute Gasteiger partial charge is 0.470 e. The van der Waals surface area contributed by atoms with E-state index in [0.29, 0.717) is 6.42 Å². The normalized spacial score (nSPS) is 14.3. The molecule has 0 radical (unpaired) electrons. The first-order valence-corrected chi connectivity index (χ1v) is 11.1. The first kappa shape index (κ1) is 25.7. The summed E-state index contributed by atoms with van der Waals surface area (Å²) in [6.07, 6.45) is 9.13. The van der Waals surface area contributed by atoms with Crippen molar-refractivity contribution in [3.05, 3.63) is 0 Å². The Hall–Kier alpha value is -0.340. The molecule has 9 heteroatoms. The average molecular weight is 398 g/mol. The highest BCUT2D eigenvalue weighted by Gasteiger charge is 2.35. The summed E-state index contributed by atoms with van der Waals surface area (Å²) in [5, 5.41) is 17.7. The molecule has 0 saturated carbocycles. The number of unbranched alkanes of at least 4 members (excludes halogenated alkanes) is 10. The van der Waals surface area contributed by atoms with Gasteiger partial charge in [-0.3, -0.25) is 14.6 Å². The van der Waals surface area contributed by atoms with Gasteiger partial charge in [0, 0.05) is 6.42 Å². The average Bonchev–Trinajstić information content (AvgIpc) is 2.58. The summed E-state index contributed by atoms with van der Waals surface area (Å²) in [6, 6.07) is 0. The van der Waals surface area contributed by atoms with Crippen molar-refractivity contribution in [2.45, 2.75) is 96.2 Å². The third-order valence-electron chi connectivity index (χ3n) is 4.25. The van der Waals surface area contributed by atoms with Crippen LogP contribution < -0.4 is 0 Å². The molecule has 2 atom stereocenters. The number of Topliss-reactive ketones (excluding diaryl/α,β-unsaturated/α-hetero) is 1. The lowest BCUT2D eigenvalue weighted by Crippen LogP contribution is -2.39. The number of hydrogen-bond donors (Lipinski definition) is 4. The van der Waals surface area contributed by atoms with E-state index in [-0.39, 0.29) is 6.42 Å². The Balaban J connectivity index is 3.93. The second kappa shape index (κ2) is 15.7. The zero-order chi connectivity index (χ0) is 19.8. The van der Waals surface area contributed by atoms with Crippen LogP contribution in [0.4, 0.5) is 0 Å². The van der Waals surface area contributed by atoms with Crippen LogP contribution in [0.25, 0.3) is 0 Å². The molecule has 0 amide bonds. The van der Waals surface area contributed by atoms with Crippen molar-refractivity contribution in [3.8, 4) is 0 Å². The summed E-state index contributed by atoms with van der Waals surface area (Å²) < 4.78 is 15.3. The van der Waals surface area contributed by atoms with Crippen LogP contribution >= 0.6 is 7.82 Å². The number of aliphatic hydroxyl groups excluding tert-OH is 1. The molecular weight excluding hydrogens is 363 g/mol. The molecule has 0 saturated heterocycles. The summed E-state index contributed by atoms with van der Waals surface area (Å²) in [5.74, 6) is -0.614. The van der Waals surface area contributed by atoms with Crippen LogP contribution in [0.3, 0.4) is 0 Å². The Morgan fingerprint density at radius 1 is 0.923 bits per heavy atom. The van der Waals surface area contributed by atoms with Crippen LogP contribution in [0.1, 0.15) is 84.0 Å². The van der Waals surface area contributed by atoms with Crippen LogP contribution in [0.2, 0.25) is 0 Å². The van der Waals surface area contributed by atoms with Gasteiger partial charge in [0.25, 0.3) is 0 Å². The van der Waals surface area contributed by atoms with Gasteiger partial charge in [-0.2, -0.15) is 0 Å². The van der Waals surface area contributed by atoms with Crippen molar-refractivity contribution in [2.24, 2.45) is 0 Å². The van der Waals surface area contributed by atoms with Gasteiger partial charge in [0.1, 0.15) is 6.10 Å². The van der Waals surface area contributed by atoms with Gasteiger partial charge < -0.3 is 14.9 Å². The lowest BCUT2D eigenvalue weighted by atomic mass is 10.0. The topological polar surface area (TPSA) is 134 Å². The van der Waals surface area contributed by atoms with E-state index in [0.717, 1.165) is 19.3 Å².